The lowest BCUT2D eigenvalue weighted by Gasteiger charge is -2.13. The number of hydrogen-bond acceptors (Lipinski definition) is 5. The third kappa shape index (κ3) is 3.42. The van der Waals surface area contributed by atoms with E-state index in [1.807, 2.05) is 25.1 Å². The van der Waals surface area contributed by atoms with Crippen LogP contribution in [0.25, 0.3) is 11.3 Å². The van der Waals surface area contributed by atoms with E-state index >= 15 is 0 Å². The van der Waals surface area contributed by atoms with E-state index in [1.54, 1.807) is 20.5 Å². The van der Waals surface area contributed by atoms with E-state index in [1.165, 1.54) is 0 Å². The lowest BCUT2D eigenvalue weighted by molar-refractivity contribution is 0.394. The van der Waals surface area contributed by atoms with Gasteiger partial charge in [-0.1, -0.05) is 6.92 Å². The Morgan fingerprint density at radius 1 is 1.05 bits per heavy atom. The zero-order valence-electron chi connectivity index (χ0n) is 12.9. The molecule has 112 valence electrons. The van der Waals surface area contributed by atoms with Gasteiger partial charge in [0.05, 0.1) is 19.9 Å². The van der Waals surface area contributed by atoms with Crippen LogP contribution in [0.3, 0.4) is 0 Å². The predicted molar refractivity (Wildman–Crippen MR) is 84.1 cm³/mol. The van der Waals surface area contributed by atoms with E-state index in [0.29, 0.717) is 0 Å². The molecule has 0 saturated carbocycles. The number of ether oxygens (including phenoxy) is 2. The van der Waals surface area contributed by atoms with E-state index in [9.17, 15) is 0 Å². The highest BCUT2D eigenvalue weighted by molar-refractivity contribution is 5.70. The Balaban J connectivity index is 2.46. The number of aromatic nitrogens is 2. The smallest absolute Gasteiger partial charge is 0.132 e. The van der Waals surface area contributed by atoms with Crippen LogP contribution in [0.2, 0.25) is 0 Å². The average molecular weight is 287 g/mol. The first-order valence-electron chi connectivity index (χ1n) is 6.98. The molecule has 0 aliphatic rings. The third-order valence-electron chi connectivity index (χ3n) is 3.25. The number of anilines is 1. The first kappa shape index (κ1) is 15.1. The molecule has 0 radical (unpaired) electrons. The molecule has 21 heavy (non-hydrogen) atoms. The molecule has 0 aliphatic carbocycles. The minimum absolute atomic E-state index is 0.741. The van der Waals surface area contributed by atoms with Crippen LogP contribution < -0.4 is 14.8 Å². The molecule has 0 atom stereocenters. The van der Waals surface area contributed by atoms with Crippen molar-refractivity contribution in [1.82, 2.24) is 9.97 Å². The van der Waals surface area contributed by atoms with Gasteiger partial charge in [0.2, 0.25) is 0 Å². The Morgan fingerprint density at radius 3 is 2.29 bits per heavy atom. The van der Waals surface area contributed by atoms with Crippen LogP contribution in [-0.4, -0.2) is 30.7 Å². The van der Waals surface area contributed by atoms with Crippen LogP contribution >= 0.6 is 0 Å². The van der Waals surface area contributed by atoms with E-state index < -0.39 is 0 Å². The Bertz CT molecular complexity index is 592. The summed E-state index contributed by atoms with van der Waals surface area (Å²) in [6.07, 6.45) is 2.62. The first-order chi connectivity index (χ1) is 10.2. The number of rotatable bonds is 6. The molecule has 1 aromatic carbocycles. The normalized spacial score (nSPS) is 10.3. The molecule has 0 aliphatic heterocycles. The Labute approximate surface area is 125 Å². The van der Waals surface area contributed by atoms with Gasteiger partial charge in [-0.15, -0.1) is 0 Å². The van der Waals surface area contributed by atoms with Crippen LogP contribution in [0.15, 0.2) is 24.5 Å². The molecule has 2 aromatic rings. The zero-order chi connectivity index (χ0) is 15.2. The maximum atomic E-state index is 5.31. The first-order valence-corrected chi connectivity index (χ1v) is 6.98. The summed E-state index contributed by atoms with van der Waals surface area (Å²) in [5.74, 6) is 2.35. The second-order valence-corrected chi connectivity index (χ2v) is 4.72. The summed E-state index contributed by atoms with van der Waals surface area (Å²) >= 11 is 0. The van der Waals surface area contributed by atoms with Gasteiger partial charge in [0.15, 0.2) is 0 Å². The highest BCUT2D eigenvalue weighted by Crippen LogP contribution is 2.31. The molecule has 5 nitrogen and oxygen atoms in total. The van der Waals surface area contributed by atoms with Crippen LogP contribution in [-0.2, 0) is 0 Å². The van der Waals surface area contributed by atoms with Crippen molar-refractivity contribution in [3.63, 3.8) is 0 Å². The largest absolute Gasteiger partial charge is 0.497 e. The fourth-order valence-electron chi connectivity index (χ4n) is 2.11. The Morgan fingerprint density at radius 2 is 1.71 bits per heavy atom. The Hall–Kier alpha value is -2.30. The fraction of sp³-hybridized carbons (Fsp3) is 0.375. The summed E-state index contributed by atoms with van der Waals surface area (Å²) in [5, 5.41) is 3.32. The highest BCUT2D eigenvalue weighted by Gasteiger charge is 2.11. The van der Waals surface area contributed by atoms with Crippen molar-refractivity contribution in [2.45, 2.75) is 20.3 Å². The third-order valence-corrected chi connectivity index (χ3v) is 3.25. The zero-order valence-corrected chi connectivity index (χ0v) is 12.9. The summed E-state index contributed by atoms with van der Waals surface area (Å²) in [6.45, 7) is 5.02. The lowest BCUT2D eigenvalue weighted by atomic mass is 10.1. The lowest BCUT2D eigenvalue weighted by Crippen LogP contribution is -2.05. The van der Waals surface area contributed by atoms with Gasteiger partial charge < -0.3 is 14.8 Å². The summed E-state index contributed by atoms with van der Waals surface area (Å²) in [5.41, 5.74) is 2.84. The second-order valence-electron chi connectivity index (χ2n) is 4.72. The maximum absolute atomic E-state index is 5.31. The molecule has 1 heterocycles. The van der Waals surface area contributed by atoms with Crippen LogP contribution in [0.5, 0.6) is 11.5 Å². The highest BCUT2D eigenvalue weighted by atomic mass is 16.5. The van der Waals surface area contributed by atoms with Crippen molar-refractivity contribution in [1.29, 1.82) is 0 Å². The van der Waals surface area contributed by atoms with Crippen molar-refractivity contribution >= 4 is 5.82 Å². The van der Waals surface area contributed by atoms with Gasteiger partial charge in [-0.3, -0.25) is 0 Å². The van der Waals surface area contributed by atoms with Crippen LogP contribution in [0.4, 0.5) is 5.82 Å². The predicted octanol–water partition coefficient (Wildman–Crippen LogP) is 3.29. The molecule has 1 N–H and O–H groups in total. The van der Waals surface area contributed by atoms with Crippen LogP contribution in [0.1, 0.15) is 18.9 Å². The fourth-order valence-corrected chi connectivity index (χ4v) is 2.11. The second kappa shape index (κ2) is 6.92. The topological polar surface area (TPSA) is 56.3 Å². The van der Waals surface area contributed by atoms with Crippen molar-refractivity contribution in [3.05, 3.63) is 30.1 Å². The van der Waals surface area contributed by atoms with Crippen molar-refractivity contribution < 1.29 is 9.47 Å². The summed E-state index contributed by atoms with van der Waals surface area (Å²) in [7, 11) is 3.28. The molecule has 0 unspecified atom stereocenters. The monoisotopic (exact) mass is 287 g/mol. The molecule has 5 heteroatoms. The summed E-state index contributed by atoms with van der Waals surface area (Å²) < 4.78 is 10.6. The van der Waals surface area contributed by atoms with Gasteiger partial charge in [0.1, 0.15) is 23.6 Å². The molecular weight excluding hydrogens is 266 g/mol. The molecule has 1 aromatic heterocycles. The van der Waals surface area contributed by atoms with Gasteiger partial charge in [0.25, 0.3) is 0 Å². The van der Waals surface area contributed by atoms with E-state index in [0.717, 1.165) is 47.1 Å². The molecule has 0 bridgehead atoms. The van der Waals surface area contributed by atoms with E-state index in [4.69, 9.17) is 9.47 Å². The minimum Gasteiger partial charge on any atom is -0.497 e. The summed E-state index contributed by atoms with van der Waals surface area (Å²) in [4.78, 5) is 8.71. The maximum Gasteiger partial charge on any atom is 0.132 e. The van der Waals surface area contributed by atoms with Crippen molar-refractivity contribution in [2.24, 2.45) is 0 Å². The van der Waals surface area contributed by atoms with E-state index in [2.05, 4.69) is 22.2 Å². The van der Waals surface area contributed by atoms with Crippen molar-refractivity contribution in [3.8, 4) is 22.8 Å². The number of nitrogens with one attached hydrogen (secondary N) is 1. The molecule has 0 amide bonds. The quantitative estimate of drug-likeness (QED) is 0.883. The average Bonchev–Trinajstić information content (AvgIpc) is 2.53. The van der Waals surface area contributed by atoms with Gasteiger partial charge in [-0.25, -0.2) is 9.97 Å². The van der Waals surface area contributed by atoms with Crippen molar-refractivity contribution in [2.75, 3.05) is 26.1 Å². The standard InChI is InChI=1S/C16H21N3O2/c1-5-6-17-16-11(2)15(18-10-19-16)12-7-13(20-3)9-14(8-12)21-4/h7-10H,5-6H2,1-4H3,(H,17,18,19). The molecule has 0 fully saturated rings. The number of nitrogens with zero attached hydrogens (tertiary/aromatic N) is 2. The van der Waals surface area contributed by atoms with Gasteiger partial charge in [-0.05, 0) is 25.5 Å². The summed E-state index contributed by atoms with van der Waals surface area (Å²) in [6, 6.07) is 5.74. The van der Waals surface area contributed by atoms with Gasteiger partial charge in [0, 0.05) is 23.7 Å². The molecule has 0 spiro atoms. The molecule has 0 saturated heterocycles. The van der Waals surface area contributed by atoms with Gasteiger partial charge >= 0.3 is 0 Å². The Kier molecular flexibility index (Phi) is 4.98. The van der Waals surface area contributed by atoms with Gasteiger partial charge in [-0.2, -0.15) is 0 Å². The number of benzene rings is 1. The molecule has 2 rings (SSSR count). The van der Waals surface area contributed by atoms with E-state index in [-0.39, 0.29) is 0 Å². The number of methoxy groups -OCH3 is 2. The van der Waals surface area contributed by atoms with Crippen LogP contribution in [0, 0.1) is 6.92 Å². The SMILES string of the molecule is CCCNc1ncnc(-c2cc(OC)cc(OC)c2)c1C. The number of hydrogen-bond donors (Lipinski definition) is 1. The minimum atomic E-state index is 0.741. The molecular formula is C16H21N3O2.